The van der Waals surface area contributed by atoms with Crippen LogP contribution in [0.3, 0.4) is 0 Å². The van der Waals surface area contributed by atoms with Crippen molar-refractivity contribution in [1.82, 2.24) is 15.8 Å². The third-order valence-electron chi connectivity index (χ3n) is 3.34. The van der Waals surface area contributed by atoms with Gasteiger partial charge in [-0.3, -0.25) is 20.4 Å². The fraction of sp³-hybridized carbons (Fsp3) is 0.118. The standard InChI is InChI=1S/C17H15FN4O2S/c18-12-6-2-1-5-11(12)9-15(23)21-22-16(24)10-19-17-20-13-7-3-4-8-14(13)25-17/h1-8H,9-10H2,(H,19,20)(H,21,23)(H,22,24). The topological polar surface area (TPSA) is 83.1 Å². The molecule has 3 aromatic rings. The summed E-state index contributed by atoms with van der Waals surface area (Å²) in [7, 11) is 0. The van der Waals surface area contributed by atoms with Crippen LogP contribution in [-0.2, 0) is 16.0 Å². The number of halogens is 1. The maximum absolute atomic E-state index is 13.5. The van der Waals surface area contributed by atoms with E-state index in [0.29, 0.717) is 5.13 Å². The van der Waals surface area contributed by atoms with Gasteiger partial charge in [-0.15, -0.1) is 0 Å². The molecule has 0 aliphatic carbocycles. The van der Waals surface area contributed by atoms with Crippen molar-refractivity contribution in [3.8, 4) is 0 Å². The van der Waals surface area contributed by atoms with Gasteiger partial charge in [0.1, 0.15) is 5.82 Å². The number of rotatable bonds is 5. The molecule has 3 N–H and O–H groups in total. The second-order valence-electron chi connectivity index (χ2n) is 5.20. The summed E-state index contributed by atoms with van der Waals surface area (Å²) in [4.78, 5) is 27.9. The fourth-order valence-corrected chi connectivity index (χ4v) is 3.01. The highest BCUT2D eigenvalue weighted by Crippen LogP contribution is 2.24. The smallest absolute Gasteiger partial charge is 0.257 e. The molecule has 0 bridgehead atoms. The first-order valence-electron chi connectivity index (χ1n) is 7.52. The number of amides is 2. The summed E-state index contributed by atoms with van der Waals surface area (Å²) in [5, 5.41) is 3.52. The van der Waals surface area contributed by atoms with Crippen molar-refractivity contribution in [3.63, 3.8) is 0 Å². The number of carbonyl (C=O) groups excluding carboxylic acids is 2. The van der Waals surface area contributed by atoms with Crippen LogP contribution >= 0.6 is 11.3 Å². The van der Waals surface area contributed by atoms with Crippen LogP contribution < -0.4 is 16.2 Å². The summed E-state index contributed by atoms with van der Waals surface area (Å²) < 4.78 is 14.5. The molecule has 0 unspecified atom stereocenters. The van der Waals surface area contributed by atoms with Crippen LogP contribution in [0, 0.1) is 5.82 Å². The van der Waals surface area contributed by atoms with E-state index in [2.05, 4.69) is 21.2 Å². The normalized spacial score (nSPS) is 10.4. The molecule has 1 heterocycles. The highest BCUT2D eigenvalue weighted by atomic mass is 32.1. The van der Waals surface area contributed by atoms with Crippen LogP contribution in [0.5, 0.6) is 0 Å². The van der Waals surface area contributed by atoms with Gasteiger partial charge in [0.2, 0.25) is 5.91 Å². The minimum atomic E-state index is -0.501. The Morgan fingerprint density at radius 2 is 1.72 bits per heavy atom. The number of carbonyl (C=O) groups is 2. The van der Waals surface area contributed by atoms with Crippen molar-refractivity contribution >= 4 is 38.5 Å². The van der Waals surface area contributed by atoms with Crippen LogP contribution in [0.15, 0.2) is 48.5 Å². The molecule has 0 fully saturated rings. The first-order valence-corrected chi connectivity index (χ1v) is 8.34. The molecule has 1 aromatic heterocycles. The number of aromatic nitrogens is 1. The van der Waals surface area contributed by atoms with E-state index in [-0.39, 0.29) is 18.5 Å². The van der Waals surface area contributed by atoms with Crippen LogP contribution in [0.2, 0.25) is 0 Å². The highest BCUT2D eigenvalue weighted by molar-refractivity contribution is 7.22. The zero-order valence-electron chi connectivity index (χ0n) is 13.1. The maximum atomic E-state index is 13.5. The number of fused-ring (bicyclic) bond motifs is 1. The molecule has 0 saturated heterocycles. The predicted molar refractivity (Wildman–Crippen MR) is 94.5 cm³/mol. The van der Waals surface area contributed by atoms with E-state index in [4.69, 9.17) is 0 Å². The van der Waals surface area contributed by atoms with Crippen molar-refractivity contribution in [1.29, 1.82) is 0 Å². The van der Waals surface area contributed by atoms with E-state index in [9.17, 15) is 14.0 Å². The molecule has 8 heteroatoms. The number of para-hydroxylation sites is 1. The minimum Gasteiger partial charge on any atom is -0.352 e. The third-order valence-corrected chi connectivity index (χ3v) is 4.34. The number of thiazole rings is 1. The number of hydrazine groups is 1. The molecule has 0 radical (unpaired) electrons. The lowest BCUT2D eigenvalue weighted by Crippen LogP contribution is -2.44. The molecule has 0 aliphatic rings. The Morgan fingerprint density at radius 1 is 1.00 bits per heavy atom. The second-order valence-corrected chi connectivity index (χ2v) is 6.24. The number of nitrogens with zero attached hydrogens (tertiary/aromatic N) is 1. The summed E-state index contributed by atoms with van der Waals surface area (Å²) in [5.41, 5.74) is 5.66. The lowest BCUT2D eigenvalue weighted by atomic mass is 10.1. The van der Waals surface area contributed by atoms with Crippen molar-refractivity contribution in [2.24, 2.45) is 0 Å². The predicted octanol–water partition coefficient (Wildman–Crippen LogP) is 2.24. The van der Waals surface area contributed by atoms with E-state index >= 15 is 0 Å². The summed E-state index contributed by atoms with van der Waals surface area (Å²) >= 11 is 1.44. The van der Waals surface area contributed by atoms with Gasteiger partial charge in [0.15, 0.2) is 5.13 Å². The molecule has 0 atom stereocenters. The Morgan fingerprint density at radius 3 is 2.52 bits per heavy atom. The van der Waals surface area contributed by atoms with Crippen molar-refractivity contribution < 1.29 is 14.0 Å². The lowest BCUT2D eigenvalue weighted by molar-refractivity contribution is -0.127. The number of nitrogens with one attached hydrogen (secondary N) is 3. The Bertz CT molecular complexity index is 879. The van der Waals surface area contributed by atoms with Gasteiger partial charge in [0.25, 0.3) is 5.91 Å². The highest BCUT2D eigenvalue weighted by Gasteiger charge is 2.09. The Labute approximate surface area is 147 Å². The van der Waals surface area contributed by atoms with Gasteiger partial charge in [0, 0.05) is 0 Å². The second kappa shape index (κ2) is 7.71. The summed E-state index contributed by atoms with van der Waals surface area (Å²) in [5.74, 6) is -1.39. The molecule has 0 spiro atoms. The van der Waals surface area contributed by atoms with Crippen LogP contribution in [0.25, 0.3) is 10.2 Å². The molecule has 25 heavy (non-hydrogen) atoms. The molecule has 2 aromatic carbocycles. The lowest BCUT2D eigenvalue weighted by Gasteiger charge is -2.08. The van der Waals surface area contributed by atoms with Crippen molar-refractivity contribution in [3.05, 3.63) is 59.9 Å². The zero-order chi connectivity index (χ0) is 17.6. The van der Waals surface area contributed by atoms with E-state index in [1.165, 1.54) is 23.5 Å². The number of benzene rings is 2. The van der Waals surface area contributed by atoms with Gasteiger partial charge in [-0.25, -0.2) is 9.37 Å². The Balaban J connectivity index is 1.44. The van der Waals surface area contributed by atoms with Gasteiger partial charge >= 0.3 is 0 Å². The van der Waals surface area contributed by atoms with Crippen LogP contribution in [0.1, 0.15) is 5.56 Å². The maximum Gasteiger partial charge on any atom is 0.257 e. The fourth-order valence-electron chi connectivity index (χ4n) is 2.15. The molecule has 128 valence electrons. The number of anilines is 1. The number of hydrogen-bond donors (Lipinski definition) is 3. The quantitative estimate of drug-likeness (QED) is 0.611. The van der Waals surface area contributed by atoms with Gasteiger partial charge in [0.05, 0.1) is 23.2 Å². The summed E-state index contributed by atoms with van der Waals surface area (Å²) in [6.07, 6.45) is -0.155. The van der Waals surface area contributed by atoms with Gasteiger partial charge in [-0.05, 0) is 23.8 Å². The zero-order valence-corrected chi connectivity index (χ0v) is 13.9. The van der Waals surface area contributed by atoms with E-state index in [1.54, 1.807) is 12.1 Å². The Hall–Kier alpha value is -3.00. The molecule has 0 aliphatic heterocycles. The van der Waals surface area contributed by atoms with Crippen molar-refractivity contribution in [2.75, 3.05) is 11.9 Å². The third kappa shape index (κ3) is 4.51. The first kappa shape index (κ1) is 16.8. The summed E-state index contributed by atoms with van der Waals surface area (Å²) in [6.45, 7) is -0.0419. The molecule has 3 rings (SSSR count). The molecular formula is C17H15FN4O2S. The van der Waals surface area contributed by atoms with Gasteiger partial charge in [-0.1, -0.05) is 41.7 Å². The molecule has 6 nitrogen and oxygen atoms in total. The summed E-state index contributed by atoms with van der Waals surface area (Å²) in [6, 6.07) is 13.6. The van der Waals surface area contributed by atoms with Gasteiger partial charge < -0.3 is 5.32 Å². The largest absolute Gasteiger partial charge is 0.352 e. The minimum absolute atomic E-state index is 0.0419. The van der Waals surface area contributed by atoms with Crippen LogP contribution in [-0.4, -0.2) is 23.3 Å². The van der Waals surface area contributed by atoms with E-state index < -0.39 is 17.6 Å². The average molecular weight is 358 g/mol. The Kier molecular flexibility index (Phi) is 5.20. The van der Waals surface area contributed by atoms with E-state index in [0.717, 1.165) is 10.2 Å². The van der Waals surface area contributed by atoms with Gasteiger partial charge in [-0.2, -0.15) is 0 Å². The average Bonchev–Trinajstić information content (AvgIpc) is 3.03. The SMILES string of the molecule is O=C(CNc1nc2ccccc2s1)NNC(=O)Cc1ccccc1F. The molecule has 2 amide bonds. The van der Waals surface area contributed by atoms with Crippen molar-refractivity contribution in [2.45, 2.75) is 6.42 Å². The molecule has 0 saturated carbocycles. The molecular weight excluding hydrogens is 343 g/mol. The number of hydrogen-bond acceptors (Lipinski definition) is 5. The van der Waals surface area contributed by atoms with E-state index in [1.807, 2.05) is 24.3 Å². The van der Waals surface area contributed by atoms with Crippen LogP contribution in [0.4, 0.5) is 9.52 Å². The monoisotopic (exact) mass is 358 g/mol. The first-order chi connectivity index (χ1) is 12.1.